The standard InChI is InChI=1S/C23H29N5O3.C2HF3O2/c1-15(27-12-11-17(14-27)31-20-10-6-5-9-19(20)30-2)21-25-22-18(23(29)26-21)13-24-28(22)16-7-3-4-8-16;3-2(4,5)1(6)7/h5-6,9-10,13,15-17H,3-4,7-8,11-12,14H2,1-2H3,(H,25,26,29);(H,6,7)/t15?,17-;/m1./s1. The van der Waals surface area contributed by atoms with Crippen LogP contribution in [0.3, 0.4) is 0 Å². The third kappa shape index (κ3) is 6.09. The van der Waals surface area contributed by atoms with Gasteiger partial charge in [0, 0.05) is 13.1 Å². The molecule has 38 heavy (non-hydrogen) atoms. The number of para-hydroxylation sites is 2. The zero-order valence-corrected chi connectivity index (χ0v) is 21.1. The number of benzene rings is 1. The van der Waals surface area contributed by atoms with Gasteiger partial charge in [-0.15, -0.1) is 0 Å². The van der Waals surface area contributed by atoms with Crippen LogP contribution in [0.1, 0.15) is 56.9 Å². The molecule has 1 aromatic carbocycles. The number of rotatable bonds is 6. The fourth-order valence-electron chi connectivity index (χ4n) is 4.84. The molecule has 2 aromatic heterocycles. The molecular weight excluding hydrogens is 507 g/mol. The van der Waals surface area contributed by atoms with Gasteiger partial charge in [-0.1, -0.05) is 25.0 Å². The Morgan fingerprint density at radius 1 is 1.18 bits per heavy atom. The minimum absolute atomic E-state index is 0.0182. The van der Waals surface area contributed by atoms with E-state index >= 15 is 0 Å². The minimum Gasteiger partial charge on any atom is -0.493 e. The summed E-state index contributed by atoms with van der Waals surface area (Å²) in [6, 6.07) is 8.05. The summed E-state index contributed by atoms with van der Waals surface area (Å²) in [5.41, 5.74) is 0.593. The SMILES string of the molecule is COc1ccccc1O[C@@H]1CCN(C(C)c2nc3c(cnn3C3CCCC3)c(=O)[nH]2)C1.O=C(O)C(F)(F)F. The topological polar surface area (TPSA) is 123 Å². The molecule has 1 aliphatic heterocycles. The van der Waals surface area contributed by atoms with Gasteiger partial charge in [-0.3, -0.25) is 9.69 Å². The maximum Gasteiger partial charge on any atom is 0.490 e. The third-order valence-electron chi connectivity index (χ3n) is 6.88. The Morgan fingerprint density at radius 2 is 1.84 bits per heavy atom. The predicted octanol–water partition coefficient (Wildman–Crippen LogP) is 4.09. The quantitative estimate of drug-likeness (QED) is 0.482. The molecule has 0 amide bonds. The Balaban J connectivity index is 0.000000426. The number of halogens is 3. The third-order valence-corrected chi connectivity index (χ3v) is 6.88. The molecule has 13 heteroatoms. The number of aromatic nitrogens is 4. The lowest BCUT2D eigenvalue weighted by Crippen LogP contribution is -2.30. The lowest BCUT2D eigenvalue weighted by molar-refractivity contribution is -0.192. The fourth-order valence-corrected chi connectivity index (χ4v) is 4.84. The van der Waals surface area contributed by atoms with Crippen molar-refractivity contribution in [3.63, 3.8) is 0 Å². The average Bonchev–Trinajstić information content (AvgIpc) is 3.64. The van der Waals surface area contributed by atoms with E-state index in [0.29, 0.717) is 22.9 Å². The number of likely N-dealkylation sites (tertiary alicyclic amines) is 1. The molecule has 1 aliphatic carbocycles. The minimum atomic E-state index is -5.08. The first-order valence-electron chi connectivity index (χ1n) is 12.4. The van der Waals surface area contributed by atoms with E-state index in [2.05, 4.69) is 21.9 Å². The van der Waals surface area contributed by atoms with Gasteiger partial charge in [0.1, 0.15) is 17.3 Å². The van der Waals surface area contributed by atoms with E-state index in [0.717, 1.165) is 43.9 Å². The van der Waals surface area contributed by atoms with Crippen LogP contribution in [0, 0.1) is 0 Å². The number of carboxylic acid groups (broad SMARTS) is 1. The van der Waals surface area contributed by atoms with Crippen LogP contribution in [-0.2, 0) is 4.79 Å². The molecule has 0 spiro atoms. The van der Waals surface area contributed by atoms with Crippen molar-refractivity contribution in [1.82, 2.24) is 24.6 Å². The number of ether oxygens (including phenoxy) is 2. The first-order valence-corrected chi connectivity index (χ1v) is 12.4. The molecule has 3 heterocycles. The van der Waals surface area contributed by atoms with Gasteiger partial charge in [-0.2, -0.15) is 18.3 Å². The number of nitrogens with one attached hydrogen (secondary N) is 1. The first-order chi connectivity index (χ1) is 18.1. The predicted molar refractivity (Wildman–Crippen MR) is 131 cm³/mol. The van der Waals surface area contributed by atoms with Crippen LogP contribution in [0.15, 0.2) is 35.3 Å². The van der Waals surface area contributed by atoms with E-state index in [-0.39, 0.29) is 17.7 Å². The zero-order valence-electron chi connectivity index (χ0n) is 21.1. The van der Waals surface area contributed by atoms with Crippen LogP contribution < -0.4 is 15.0 Å². The summed E-state index contributed by atoms with van der Waals surface area (Å²) >= 11 is 0. The van der Waals surface area contributed by atoms with Crippen molar-refractivity contribution in [2.45, 2.75) is 63.4 Å². The van der Waals surface area contributed by atoms with E-state index in [1.54, 1.807) is 13.3 Å². The highest BCUT2D eigenvalue weighted by molar-refractivity contribution is 5.73. The molecule has 5 rings (SSSR count). The summed E-state index contributed by atoms with van der Waals surface area (Å²) in [6.07, 6.45) is 2.17. The van der Waals surface area contributed by atoms with Crippen molar-refractivity contribution < 1.29 is 32.5 Å². The summed E-state index contributed by atoms with van der Waals surface area (Å²) in [5.74, 6) is -0.564. The van der Waals surface area contributed by atoms with Gasteiger partial charge in [-0.25, -0.2) is 14.5 Å². The molecule has 1 unspecified atom stereocenters. The summed E-state index contributed by atoms with van der Waals surface area (Å²) in [5, 5.41) is 12.2. The van der Waals surface area contributed by atoms with Gasteiger partial charge in [0.25, 0.3) is 5.56 Å². The number of aromatic amines is 1. The van der Waals surface area contributed by atoms with E-state index in [9.17, 15) is 18.0 Å². The lowest BCUT2D eigenvalue weighted by Gasteiger charge is -2.24. The molecule has 2 N–H and O–H groups in total. The number of methoxy groups -OCH3 is 1. The second kappa shape index (κ2) is 11.4. The van der Waals surface area contributed by atoms with Crippen LogP contribution in [-0.4, -0.2) is 68.2 Å². The lowest BCUT2D eigenvalue weighted by atomic mass is 10.2. The molecule has 2 aliphatic rings. The molecule has 3 aromatic rings. The maximum absolute atomic E-state index is 12.7. The van der Waals surface area contributed by atoms with Crippen LogP contribution in [0.2, 0.25) is 0 Å². The molecule has 0 radical (unpaired) electrons. The van der Waals surface area contributed by atoms with Crippen molar-refractivity contribution in [2.75, 3.05) is 20.2 Å². The van der Waals surface area contributed by atoms with Crippen LogP contribution >= 0.6 is 0 Å². The second-order valence-electron chi connectivity index (χ2n) is 9.37. The summed E-state index contributed by atoms with van der Waals surface area (Å²) in [6.45, 7) is 3.74. The van der Waals surface area contributed by atoms with E-state index in [4.69, 9.17) is 24.4 Å². The Morgan fingerprint density at radius 3 is 2.47 bits per heavy atom. The highest BCUT2D eigenvalue weighted by atomic mass is 19.4. The van der Waals surface area contributed by atoms with Crippen molar-refractivity contribution in [3.05, 3.63) is 46.6 Å². The Bertz CT molecular complexity index is 1320. The van der Waals surface area contributed by atoms with Crippen LogP contribution in [0.25, 0.3) is 11.0 Å². The Kier molecular flexibility index (Phi) is 8.24. The molecule has 2 fully saturated rings. The van der Waals surface area contributed by atoms with E-state index < -0.39 is 12.1 Å². The number of hydrogen-bond donors (Lipinski definition) is 2. The molecule has 1 saturated carbocycles. The van der Waals surface area contributed by atoms with E-state index in [1.165, 1.54) is 12.8 Å². The normalized spacial score (nSPS) is 19.2. The van der Waals surface area contributed by atoms with Crippen molar-refractivity contribution in [1.29, 1.82) is 0 Å². The van der Waals surface area contributed by atoms with Gasteiger partial charge in [0.2, 0.25) is 0 Å². The van der Waals surface area contributed by atoms with Crippen LogP contribution in [0.4, 0.5) is 13.2 Å². The summed E-state index contributed by atoms with van der Waals surface area (Å²) in [7, 11) is 1.65. The molecular formula is C25H30F3N5O5. The Labute approximate surface area is 216 Å². The monoisotopic (exact) mass is 537 g/mol. The first kappa shape index (κ1) is 27.4. The van der Waals surface area contributed by atoms with Gasteiger partial charge in [0.05, 0.1) is 25.4 Å². The smallest absolute Gasteiger partial charge is 0.490 e. The number of carbonyl (C=O) groups is 1. The summed E-state index contributed by atoms with van der Waals surface area (Å²) in [4.78, 5) is 31.8. The Hall–Kier alpha value is -3.61. The highest BCUT2D eigenvalue weighted by Crippen LogP contribution is 2.32. The second-order valence-corrected chi connectivity index (χ2v) is 9.37. The molecule has 10 nitrogen and oxygen atoms in total. The van der Waals surface area contributed by atoms with Crippen LogP contribution in [0.5, 0.6) is 11.5 Å². The largest absolute Gasteiger partial charge is 0.493 e. The van der Waals surface area contributed by atoms with Crippen molar-refractivity contribution in [2.24, 2.45) is 0 Å². The van der Waals surface area contributed by atoms with Gasteiger partial charge in [-0.05, 0) is 38.3 Å². The van der Waals surface area contributed by atoms with Gasteiger partial charge < -0.3 is 19.6 Å². The number of H-pyrrole nitrogens is 1. The highest BCUT2D eigenvalue weighted by Gasteiger charge is 2.38. The van der Waals surface area contributed by atoms with Gasteiger partial charge >= 0.3 is 12.1 Å². The number of aliphatic carboxylic acids is 1. The van der Waals surface area contributed by atoms with Gasteiger partial charge in [0.15, 0.2) is 17.1 Å². The number of nitrogens with zero attached hydrogens (tertiary/aromatic N) is 4. The van der Waals surface area contributed by atoms with Crippen molar-refractivity contribution in [3.8, 4) is 11.5 Å². The van der Waals surface area contributed by atoms with Crippen molar-refractivity contribution >= 4 is 17.0 Å². The zero-order chi connectivity index (χ0) is 27.4. The molecule has 206 valence electrons. The molecule has 0 bridgehead atoms. The number of carboxylic acids is 1. The maximum atomic E-state index is 12.7. The number of hydrogen-bond acceptors (Lipinski definition) is 7. The van der Waals surface area contributed by atoms with E-state index in [1.807, 2.05) is 28.9 Å². The number of fused-ring (bicyclic) bond motifs is 1. The average molecular weight is 538 g/mol. The fraction of sp³-hybridized carbons (Fsp3) is 0.520. The molecule has 1 saturated heterocycles. The summed E-state index contributed by atoms with van der Waals surface area (Å²) < 4.78 is 45.3. The number of alkyl halides is 3. The molecule has 2 atom stereocenters.